The number of amides is 1. The number of hydrogen-bond acceptors (Lipinski definition) is 6. The predicted molar refractivity (Wildman–Crippen MR) is 191 cm³/mol. The molecule has 1 N–H and O–H groups in total. The zero-order valence-corrected chi connectivity index (χ0v) is 27.7. The van der Waals surface area contributed by atoms with Gasteiger partial charge in [0.15, 0.2) is 11.0 Å². The fraction of sp³-hybridized carbons (Fsp3) is 0.243. The molecule has 0 bridgehead atoms. The minimum absolute atomic E-state index is 0. The molecule has 46 heavy (non-hydrogen) atoms. The van der Waals surface area contributed by atoms with Crippen LogP contribution in [0.15, 0.2) is 106 Å². The van der Waals surface area contributed by atoms with E-state index in [0.29, 0.717) is 34.4 Å². The number of nitrogens with zero attached hydrogens (tertiary/aromatic N) is 2. The summed E-state index contributed by atoms with van der Waals surface area (Å²) < 4.78 is 12.0. The first-order valence-electron chi connectivity index (χ1n) is 15.1. The van der Waals surface area contributed by atoms with Crippen LogP contribution < -0.4 is 20.4 Å². The largest absolute Gasteiger partial charge is 0.495 e. The van der Waals surface area contributed by atoms with Gasteiger partial charge in [-0.25, -0.2) is 0 Å². The van der Waals surface area contributed by atoms with E-state index in [4.69, 9.17) is 9.15 Å². The van der Waals surface area contributed by atoms with Crippen LogP contribution in [0.1, 0.15) is 22.3 Å². The summed E-state index contributed by atoms with van der Waals surface area (Å²) in [5, 5.41) is 3.46. The Morgan fingerprint density at radius 1 is 0.826 bits per heavy atom. The summed E-state index contributed by atoms with van der Waals surface area (Å²) in [6, 6.07) is 31.2. The van der Waals surface area contributed by atoms with E-state index in [-0.39, 0.29) is 36.2 Å². The average Bonchev–Trinajstić information content (AvgIpc) is 3.08. The minimum atomic E-state index is -0.245. The maximum atomic E-state index is 13.5. The molecule has 4 aromatic carbocycles. The van der Waals surface area contributed by atoms with Crippen LogP contribution in [-0.2, 0) is 0 Å². The zero-order valence-electron chi connectivity index (χ0n) is 26.0. The van der Waals surface area contributed by atoms with E-state index in [9.17, 15) is 9.59 Å². The normalized spacial score (nSPS) is 13.0. The third-order valence-electron chi connectivity index (χ3n) is 8.38. The van der Waals surface area contributed by atoms with Crippen LogP contribution in [0, 0.1) is 6.92 Å². The molecule has 9 heteroatoms. The highest BCUT2D eigenvalue weighted by atomic mass is 35.5. The highest BCUT2D eigenvalue weighted by molar-refractivity contribution is 6.05. The van der Waals surface area contributed by atoms with Gasteiger partial charge >= 0.3 is 0 Å². The number of ether oxygens (including phenoxy) is 1. The van der Waals surface area contributed by atoms with E-state index in [0.717, 1.165) is 67.3 Å². The Morgan fingerprint density at radius 2 is 1.50 bits per heavy atom. The first kappa shape index (κ1) is 34.6. The Kier molecular flexibility index (Phi) is 11.9. The van der Waals surface area contributed by atoms with Crippen molar-refractivity contribution in [1.82, 2.24) is 10.2 Å². The molecule has 0 spiro atoms. The second-order valence-corrected chi connectivity index (χ2v) is 11.1. The lowest BCUT2D eigenvalue weighted by atomic mass is 9.95. The van der Waals surface area contributed by atoms with Gasteiger partial charge in [0, 0.05) is 43.9 Å². The lowest BCUT2D eigenvalue weighted by Gasteiger charge is -2.36. The molecule has 0 aliphatic carbocycles. The van der Waals surface area contributed by atoms with Crippen LogP contribution >= 0.6 is 24.8 Å². The van der Waals surface area contributed by atoms with E-state index in [2.05, 4.69) is 21.2 Å². The summed E-state index contributed by atoms with van der Waals surface area (Å²) in [4.78, 5) is 31.7. The number of halogens is 2. The summed E-state index contributed by atoms with van der Waals surface area (Å²) in [5.74, 6) is 1.14. The van der Waals surface area contributed by atoms with Gasteiger partial charge in [-0.15, -0.1) is 24.8 Å². The SMILES string of the molecule is COc1ccccc1N1CCN(CCCNC(=O)c2cccc3c(=O)c(C)c(-c4ccccc4-c4ccccc4)oc23)CC1.Cl.Cl. The van der Waals surface area contributed by atoms with Crippen molar-refractivity contribution in [1.29, 1.82) is 0 Å². The molecule has 2 heterocycles. The summed E-state index contributed by atoms with van der Waals surface area (Å²) in [6.07, 6.45) is 0.823. The summed E-state index contributed by atoms with van der Waals surface area (Å²) in [7, 11) is 1.71. The Morgan fingerprint density at radius 3 is 2.24 bits per heavy atom. The molecule has 0 saturated carbocycles. The van der Waals surface area contributed by atoms with Gasteiger partial charge in [-0.2, -0.15) is 0 Å². The molecule has 1 saturated heterocycles. The van der Waals surface area contributed by atoms with E-state index in [1.807, 2.05) is 72.8 Å². The third-order valence-corrected chi connectivity index (χ3v) is 8.38. The maximum absolute atomic E-state index is 13.5. The maximum Gasteiger partial charge on any atom is 0.255 e. The topological polar surface area (TPSA) is 75.0 Å². The number of hydrogen-bond donors (Lipinski definition) is 1. The third kappa shape index (κ3) is 7.23. The van der Waals surface area contributed by atoms with Crippen molar-refractivity contribution in [2.75, 3.05) is 51.3 Å². The van der Waals surface area contributed by atoms with Crippen molar-refractivity contribution >= 4 is 47.4 Å². The van der Waals surface area contributed by atoms with Crippen molar-refractivity contribution < 1.29 is 13.9 Å². The Labute approximate surface area is 282 Å². The molecule has 0 radical (unpaired) electrons. The molecule has 5 aromatic rings. The molecule has 1 amide bonds. The Balaban J connectivity index is 0.00000240. The summed E-state index contributed by atoms with van der Waals surface area (Å²) in [5.41, 5.74) is 4.99. The standard InChI is InChI=1S/C37H37N3O4.2ClH/c1-26-34(41)30-16-10-17-31(36(30)44-35(26)29-15-7-6-14-28(29)27-12-4-3-5-13-27)37(42)38-20-11-21-39-22-24-40(25-23-39)32-18-8-9-19-33(32)43-2;;/h3-10,12-19H,11,20-25H2,1-2H3,(H,38,42);2*1H. The Bertz CT molecular complexity index is 1840. The van der Waals surface area contributed by atoms with Gasteiger partial charge in [-0.1, -0.05) is 72.8 Å². The number of carbonyl (C=O) groups is 1. The van der Waals surface area contributed by atoms with E-state index in [1.54, 1.807) is 32.2 Å². The van der Waals surface area contributed by atoms with Crippen molar-refractivity contribution in [3.8, 4) is 28.2 Å². The number of carbonyl (C=O) groups excluding carboxylic acids is 1. The minimum Gasteiger partial charge on any atom is -0.495 e. The molecule has 7 nitrogen and oxygen atoms in total. The summed E-state index contributed by atoms with van der Waals surface area (Å²) >= 11 is 0. The number of nitrogens with one attached hydrogen (secondary N) is 1. The number of methoxy groups -OCH3 is 1. The van der Waals surface area contributed by atoms with E-state index in [1.165, 1.54) is 0 Å². The van der Waals surface area contributed by atoms with Gasteiger partial charge in [-0.05, 0) is 55.3 Å². The van der Waals surface area contributed by atoms with Gasteiger partial charge in [0.2, 0.25) is 0 Å². The smallest absolute Gasteiger partial charge is 0.255 e. The predicted octanol–water partition coefficient (Wildman–Crippen LogP) is 7.23. The lowest BCUT2D eigenvalue weighted by Crippen LogP contribution is -2.47. The molecule has 0 atom stereocenters. The number of anilines is 1. The molecular formula is C37H39Cl2N3O4. The molecular weight excluding hydrogens is 621 g/mol. The first-order valence-corrected chi connectivity index (χ1v) is 15.1. The fourth-order valence-electron chi connectivity index (χ4n) is 6.00. The quantitative estimate of drug-likeness (QED) is 0.168. The average molecular weight is 661 g/mol. The van der Waals surface area contributed by atoms with Crippen LogP contribution in [0.3, 0.4) is 0 Å². The fourth-order valence-corrected chi connectivity index (χ4v) is 6.00. The van der Waals surface area contributed by atoms with Gasteiger partial charge < -0.3 is 19.4 Å². The van der Waals surface area contributed by atoms with Crippen molar-refractivity contribution in [2.24, 2.45) is 0 Å². The molecule has 0 unspecified atom stereocenters. The Hall–Kier alpha value is -4.30. The number of para-hydroxylation sites is 3. The van der Waals surface area contributed by atoms with Crippen molar-refractivity contribution in [2.45, 2.75) is 13.3 Å². The highest BCUT2D eigenvalue weighted by Gasteiger charge is 2.21. The van der Waals surface area contributed by atoms with Gasteiger partial charge in [0.25, 0.3) is 5.91 Å². The van der Waals surface area contributed by atoms with Crippen LogP contribution in [0.2, 0.25) is 0 Å². The van der Waals surface area contributed by atoms with Crippen molar-refractivity contribution in [3.63, 3.8) is 0 Å². The summed E-state index contributed by atoms with van der Waals surface area (Å²) in [6.45, 7) is 6.96. The monoisotopic (exact) mass is 659 g/mol. The number of rotatable bonds is 9. The second-order valence-electron chi connectivity index (χ2n) is 11.1. The molecule has 6 rings (SSSR count). The zero-order chi connectivity index (χ0) is 30.5. The molecule has 1 aliphatic heterocycles. The van der Waals surface area contributed by atoms with Crippen LogP contribution in [0.4, 0.5) is 5.69 Å². The van der Waals surface area contributed by atoms with Crippen LogP contribution in [0.25, 0.3) is 33.4 Å². The molecule has 1 aromatic heterocycles. The number of benzene rings is 4. The van der Waals surface area contributed by atoms with Gasteiger partial charge in [-0.3, -0.25) is 14.5 Å². The highest BCUT2D eigenvalue weighted by Crippen LogP contribution is 2.35. The van der Waals surface area contributed by atoms with E-state index >= 15 is 0 Å². The lowest BCUT2D eigenvalue weighted by molar-refractivity contribution is 0.0952. The first-order chi connectivity index (χ1) is 21.5. The van der Waals surface area contributed by atoms with Crippen LogP contribution in [0.5, 0.6) is 5.75 Å². The molecule has 1 aliphatic rings. The molecule has 1 fully saturated rings. The molecule has 240 valence electrons. The van der Waals surface area contributed by atoms with Gasteiger partial charge in [0.1, 0.15) is 11.5 Å². The van der Waals surface area contributed by atoms with Gasteiger partial charge in [0.05, 0.1) is 23.7 Å². The number of piperazine rings is 1. The number of fused-ring (bicyclic) bond motifs is 1. The van der Waals surface area contributed by atoms with Crippen LogP contribution in [-0.4, -0.2) is 57.2 Å². The van der Waals surface area contributed by atoms with E-state index < -0.39 is 0 Å². The second kappa shape index (κ2) is 15.8. The van der Waals surface area contributed by atoms with Crippen molar-refractivity contribution in [3.05, 3.63) is 118 Å².